The van der Waals surface area contributed by atoms with E-state index in [0.29, 0.717) is 47.8 Å². The molecule has 2 aromatic heterocycles. The zero-order valence-corrected chi connectivity index (χ0v) is 31.7. The lowest BCUT2D eigenvalue weighted by molar-refractivity contribution is 0.173. The standard InChI is InChI=1S/C43H47ClN6O4/c1-29-34(6-3-7-37(29)38-8-4-9-41(30(38)2)52-17-5-14-49-16-12-36(51)26-49)28-54-43-20-42(53-27-32-18-31(21-45)22-46-23-32)35(19-39(43)44)25-50-15-11-33(24-50)40-10-13-47-48-40/h3-4,6-10,13,18-20,22-23,33,36,51H,5,11-12,14-17,24-28H2,1-2H3,(H,47,48)/t33?,36-/m1/s1. The second-order valence-corrected chi connectivity index (χ2v) is 14.8. The normalized spacial score (nSPS) is 17.5. The number of aromatic amines is 1. The summed E-state index contributed by atoms with van der Waals surface area (Å²) in [5, 5.41) is 27.0. The number of nitrogens with zero attached hydrogens (tertiary/aromatic N) is 5. The van der Waals surface area contributed by atoms with E-state index < -0.39 is 0 Å². The average Bonchev–Trinajstić information content (AvgIpc) is 3.97. The first-order chi connectivity index (χ1) is 26.3. The molecule has 2 fully saturated rings. The van der Waals surface area contributed by atoms with Gasteiger partial charge in [0.15, 0.2) is 0 Å². The number of pyridine rings is 1. The van der Waals surface area contributed by atoms with Crippen LogP contribution in [0, 0.1) is 25.2 Å². The second kappa shape index (κ2) is 17.5. The van der Waals surface area contributed by atoms with E-state index in [1.165, 1.54) is 0 Å². The molecule has 280 valence electrons. The molecule has 2 atom stereocenters. The third-order valence-electron chi connectivity index (χ3n) is 10.6. The number of hydrogen-bond acceptors (Lipinski definition) is 9. The first-order valence-corrected chi connectivity index (χ1v) is 19.1. The third-order valence-corrected chi connectivity index (χ3v) is 10.9. The molecule has 0 aliphatic carbocycles. The molecule has 5 aromatic rings. The molecule has 0 spiro atoms. The first-order valence-electron chi connectivity index (χ1n) is 18.7. The van der Waals surface area contributed by atoms with E-state index in [2.05, 4.69) is 69.2 Å². The summed E-state index contributed by atoms with van der Waals surface area (Å²) in [7, 11) is 0. The van der Waals surface area contributed by atoms with Gasteiger partial charge >= 0.3 is 0 Å². The Balaban J connectivity index is 1.05. The highest BCUT2D eigenvalue weighted by atomic mass is 35.5. The molecule has 54 heavy (non-hydrogen) atoms. The Labute approximate surface area is 322 Å². The van der Waals surface area contributed by atoms with Gasteiger partial charge in [-0.15, -0.1) is 0 Å². The van der Waals surface area contributed by atoms with Crippen molar-refractivity contribution in [1.29, 1.82) is 5.26 Å². The number of aliphatic hydroxyl groups is 1. The van der Waals surface area contributed by atoms with Crippen molar-refractivity contribution in [2.75, 3.05) is 39.3 Å². The molecule has 0 radical (unpaired) electrons. The summed E-state index contributed by atoms with van der Waals surface area (Å²) in [5.74, 6) is 2.50. The van der Waals surface area contributed by atoms with E-state index in [-0.39, 0.29) is 12.7 Å². The summed E-state index contributed by atoms with van der Waals surface area (Å²) in [4.78, 5) is 8.90. The highest BCUT2D eigenvalue weighted by molar-refractivity contribution is 6.32. The van der Waals surface area contributed by atoms with Gasteiger partial charge in [-0.3, -0.25) is 15.0 Å². The smallest absolute Gasteiger partial charge is 0.142 e. The summed E-state index contributed by atoms with van der Waals surface area (Å²) in [6, 6.07) is 22.3. The van der Waals surface area contributed by atoms with E-state index in [1.807, 2.05) is 30.3 Å². The molecule has 2 aliphatic rings. The van der Waals surface area contributed by atoms with Gasteiger partial charge in [0.05, 0.1) is 23.3 Å². The van der Waals surface area contributed by atoms with Crippen LogP contribution in [0.15, 0.2) is 79.3 Å². The second-order valence-electron chi connectivity index (χ2n) is 14.4. The fraction of sp³-hybridized carbons (Fsp3) is 0.372. The van der Waals surface area contributed by atoms with Crippen LogP contribution < -0.4 is 14.2 Å². The maximum atomic E-state index is 9.81. The van der Waals surface area contributed by atoms with E-state index in [1.54, 1.807) is 24.7 Å². The van der Waals surface area contributed by atoms with Crippen LogP contribution in [-0.2, 0) is 19.8 Å². The van der Waals surface area contributed by atoms with Gasteiger partial charge in [-0.25, -0.2) is 0 Å². The van der Waals surface area contributed by atoms with Crippen molar-refractivity contribution < 1.29 is 19.3 Å². The molecular weight excluding hydrogens is 700 g/mol. The van der Waals surface area contributed by atoms with Gasteiger partial charge in [-0.05, 0) is 91.7 Å². The molecular formula is C43H47ClN6O4. The maximum absolute atomic E-state index is 9.81. The lowest BCUT2D eigenvalue weighted by atomic mass is 9.93. The Kier molecular flexibility index (Phi) is 12.1. The van der Waals surface area contributed by atoms with Gasteiger partial charge in [0.25, 0.3) is 0 Å². The number of rotatable bonds is 15. The van der Waals surface area contributed by atoms with Crippen molar-refractivity contribution in [3.05, 3.63) is 123 Å². The summed E-state index contributed by atoms with van der Waals surface area (Å²) in [5.41, 5.74) is 8.94. The number of nitrogens with one attached hydrogen (secondary N) is 1. The van der Waals surface area contributed by atoms with Crippen LogP contribution in [0.3, 0.4) is 0 Å². The number of hydrogen-bond donors (Lipinski definition) is 2. The molecule has 7 rings (SSSR count). The summed E-state index contributed by atoms with van der Waals surface area (Å²) >= 11 is 6.93. The highest BCUT2D eigenvalue weighted by Gasteiger charge is 2.26. The van der Waals surface area contributed by atoms with Gasteiger partial charge in [0, 0.05) is 80.1 Å². The van der Waals surface area contributed by atoms with Gasteiger partial charge in [-0.1, -0.05) is 41.9 Å². The fourth-order valence-electron chi connectivity index (χ4n) is 7.53. The third kappa shape index (κ3) is 9.05. The average molecular weight is 747 g/mol. The number of likely N-dealkylation sites (tertiary alicyclic amines) is 2. The number of H-pyrrole nitrogens is 1. The number of nitriles is 1. The van der Waals surface area contributed by atoms with Gasteiger partial charge in [0.2, 0.25) is 0 Å². The van der Waals surface area contributed by atoms with Crippen molar-refractivity contribution in [3.63, 3.8) is 0 Å². The maximum Gasteiger partial charge on any atom is 0.142 e. The van der Waals surface area contributed by atoms with Crippen molar-refractivity contribution in [2.45, 2.75) is 64.9 Å². The van der Waals surface area contributed by atoms with E-state index in [9.17, 15) is 10.4 Å². The molecule has 10 nitrogen and oxygen atoms in total. The van der Waals surface area contributed by atoms with E-state index in [4.69, 9.17) is 25.8 Å². The van der Waals surface area contributed by atoms with Crippen LogP contribution in [0.5, 0.6) is 17.2 Å². The van der Waals surface area contributed by atoms with Gasteiger partial charge < -0.3 is 24.2 Å². The molecule has 2 saturated heterocycles. The fourth-order valence-corrected chi connectivity index (χ4v) is 7.77. The van der Waals surface area contributed by atoms with Crippen LogP contribution in [0.4, 0.5) is 0 Å². The van der Waals surface area contributed by atoms with Gasteiger partial charge in [0.1, 0.15) is 36.5 Å². The van der Waals surface area contributed by atoms with Crippen LogP contribution >= 0.6 is 11.6 Å². The number of halogens is 1. The monoisotopic (exact) mass is 746 g/mol. The number of β-amino-alcohol motifs (C(OH)–C–C–N with tert-alkyl or cyclic N) is 1. The molecule has 3 aromatic carbocycles. The lowest BCUT2D eigenvalue weighted by Gasteiger charge is -2.21. The minimum atomic E-state index is -0.200. The zero-order valence-electron chi connectivity index (χ0n) is 30.9. The molecule has 0 saturated carbocycles. The summed E-state index contributed by atoms with van der Waals surface area (Å²) in [6.07, 6.45) is 7.67. The minimum absolute atomic E-state index is 0.200. The largest absolute Gasteiger partial charge is 0.493 e. The molecule has 1 unspecified atom stereocenters. The zero-order chi connectivity index (χ0) is 37.4. The van der Waals surface area contributed by atoms with Crippen molar-refractivity contribution >= 4 is 11.6 Å². The van der Waals surface area contributed by atoms with Gasteiger partial charge in [-0.2, -0.15) is 10.4 Å². The van der Waals surface area contributed by atoms with Crippen LogP contribution in [0.2, 0.25) is 5.02 Å². The molecule has 11 heteroatoms. The highest BCUT2D eigenvalue weighted by Crippen LogP contribution is 2.38. The molecule has 0 bridgehead atoms. The molecule has 2 N–H and O–H groups in total. The number of benzene rings is 3. The Hall–Kier alpha value is -4.92. The molecule has 0 amide bonds. The first kappa shape index (κ1) is 37.4. The molecule has 4 heterocycles. The Morgan fingerprint density at radius 2 is 1.69 bits per heavy atom. The Morgan fingerprint density at radius 3 is 2.48 bits per heavy atom. The van der Waals surface area contributed by atoms with Crippen LogP contribution in [0.25, 0.3) is 11.1 Å². The van der Waals surface area contributed by atoms with E-state index in [0.717, 1.165) is 102 Å². The summed E-state index contributed by atoms with van der Waals surface area (Å²) < 4.78 is 19.1. The van der Waals surface area contributed by atoms with Crippen molar-refractivity contribution in [3.8, 4) is 34.4 Å². The Bertz CT molecular complexity index is 2080. The minimum Gasteiger partial charge on any atom is -0.493 e. The lowest BCUT2D eigenvalue weighted by Crippen LogP contribution is -2.24. The quantitative estimate of drug-likeness (QED) is 0.104. The predicted octanol–water partition coefficient (Wildman–Crippen LogP) is 7.60. The Morgan fingerprint density at radius 1 is 0.870 bits per heavy atom. The van der Waals surface area contributed by atoms with E-state index >= 15 is 0 Å². The summed E-state index contributed by atoms with van der Waals surface area (Å²) in [6.45, 7) is 10.6. The van der Waals surface area contributed by atoms with Crippen LogP contribution in [0.1, 0.15) is 64.3 Å². The number of aromatic nitrogens is 3. The van der Waals surface area contributed by atoms with Crippen molar-refractivity contribution in [2.24, 2.45) is 0 Å². The van der Waals surface area contributed by atoms with Crippen molar-refractivity contribution in [1.82, 2.24) is 25.0 Å². The topological polar surface area (TPSA) is 120 Å². The number of ether oxygens (including phenoxy) is 3. The SMILES string of the molecule is Cc1c(COc2cc(OCc3cncc(C#N)c3)c(CN3CCC(c4ccn[nH]4)C3)cc2Cl)cccc1-c1cccc(OCCCN2CC[C@@H](O)C2)c1C. The predicted molar refractivity (Wildman–Crippen MR) is 209 cm³/mol. The number of aliphatic hydroxyl groups excluding tert-OH is 1. The molecule has 2 aliphatic heterocycles. The van der Waals surface area contributed by atoms with Crippen LogP contribution in [-0.4, -0.2) is 75.5 Å².